The third-order valence-electron chi connectivity index (χ3n) is 3.21. The summed E-state index contributed by atoms with van der Waals surface area (Å²) in [4.78, 5) is 16.0. The Morgan fingerprint density at radius 3 is 2.60 bits per heavy atom. The number of carbonyl (C=O) groups excluding carboxylic acids is 1. The number of aryl methyl sites for hydroxylation is 1. The summed E-state index contributed by atoms with van der Waals surface area (Å²) >= 11 is 0. The molecule has 1 aromatic carbocycles. The number of rotatable bonds is 5. The van der Waals surface area contributed by atoms with Gasteiger partial charge in [0.05, 0.1) is 0 Å². The lowest BCUT2D eigenvalue weighted by Crippen LogP contribution is -2.25. The average Bonchev–Trinajstić information content (AvgIpc) is 2.48. The SMILES string of the molecule is CNc1ccc(C(=O)NCCc2ccncc2)cc1C. The molecular formula is C16H19N3O. The molecule has 4 heteroatoms. The number of hydrogen-bond acceptors (Lipinski definition) is 3. The minimum absolute atomic E-state index is 0.0372. The van der Waals surface area contributed by atoms with Crippen LogP contribution in [0.3, 0.4) is 0 Å². The Morgan fingerprint density at radius 2 is 1.95 bits per heavy atom. The molecule has 0 spiro atoms. The molecule has 2 rings (SSSR count). The second-order valence-electron chi connectivity index (χ2n) is 4.64. The van der Waals surface area contributed by atoms with Crippen LogP contribution in [0.4, 0.5) is 5.69 Å². The molecule has 1 heterocycles. The molecule has 0 aliphatic heterocycles. The van der Waals surface area contributed by atoms with Gasteiger partial charge in [-0.3, -0.25) is 9.78 Å². The lowest BCUT2D eigenvalue weighted by atomic mass is 10.1. The first-order valence-corrected chi connectivity index (χ1v) is 6.66. The summed E-state index contributed by atoms with van der Waals surface area (Å²) < 4.78 is 0. The second-order valence-corrected chi connectivity index (χ2v) is 4.64. The van der Waals surface area contributed by atoms with Gasteiger partial charge in [0.25, 0.3) is 5.91 Å². The smallest absolute Gasteiger partial charge is 0.251 e. The topological polar surface area (TPSA) is 54.0 Å². The molecule has 4 nitrogen and oxygen atoms in total. The molecule has 0 saturated heterocycles. The first kappa shape index (κ1) is 14.1. The second kappa shape index (κ2) is 6.70. The van der Waals surface area contributed by atoms with Gasteiger partial charge in [0.2, 0.25) is 0 Å². The molecule has 0 radical (unpaired) electrons. The van der Waals surface area contributed by atoms with Gasteiger partial charge in [0, 0.05) is 37.2 Å². The molecule has 0 saturated carbocycles. The highest BCUT2D eigenvalue weighted by molar-refractivity contribution is 5.94. The van der Waals surface area contributed by atoms with Crippen molar-refractivity contribution in [1.82, 2.24) is 10.3 Å². The van der Waals surface area contributed by atoms with Gasteiger partial charge in [-0.15, -0.1) is 0 Å². The van der Waals surface area contributed by atoms with E-state index in [0.717, 1.165) is 17.7 Å². The predicted octanol–water partition coefficient (Wildman–Crippen LogP) is 2.40. The minimum Gasteiger partial charge on any atom is -0.388 e. The average molecular weight is 269 g/mol. The number of pyridine rings is 1. The van der Waals surface area contributed by atoms with Crippen molar-refractivity contribution in [3.63, 3.8) is 0 Å². The number of nitrogens with zero attached hydrogens (tertiary/aromatic N) is 1. The van der Waals surface area contributed by atoms with Gasteiger partial charge in [-0.05, 0) is 54.8 Å². The quantitative estimate of drug-likeness (QED) is 0.876. The van der Waals surface area contributed by atoms with E-state index in [0.29, 0.717) is 12.1 Å². The van der Waals surface area contributed by atoms with Crippen molar-refractivity contribution in [3.8, 4) is 0 Å². The Labute approximate surface area is 119 Å². The zero-order valence-electron chi connectivity index (χ0n) is 11.8. The minimum atomic E-state index is -0.0372. The largest absolute Gasteiger partial charge is 0.388 e. The van der Waals surface area contributed by atoms with Gasteiger partial charge in [-0.1, -0.05) is 0 Å². The summed E-state index contributed by atoms with van der Waals surface area (Å²) in [5, 5.41) is 6.02. The van der Waals surface area contributed by atoms with Gasteiger partial charge >= 0.3 is 0 Å². The van der Waals surface area contributed by atoms with Crippen LogP contribution in [0, 0.1) is 6.92 Å². The molecule has 0 aliphatic rings. The first-order valence-electron chi connectivity index (χ1n) is 6.66. The van der Waals surface area contributed by atoms with E-state index < -0.39 is 0 Å². The van der Waals surface area contributed by atoms with Gasteiger partial charge in [-0.2, -0.15) is 0 Å². The third-order valence-corrected chi connectivity index (χ3v) is 3.21. The van der Waals surface area contributed by atoms with E-state index >= 15 is 0 Å². The van der Waals surface area contributed by atoms with Crippen LogP contribution in [0.25, 0.3) is 0 Å². The molecule has 0 aliphatic carbocycles. The summed E-state index contributed by atoms with van der Waals surface area (Å²) in [5.41, 5.74) is 3.96. The maximum atomic E-state index is 12.0. The molecule has 0 bridgehead atoms. The van der Waals surface area contributed by atoms with Gasteiger partial charge in [0.15, 0.2) is 0 Å². The first-order chi connectivity index (χ1) is 9.70. The number of amides is 1. The monoisotopic (exact) mass is 269 g/mol. The zero-order valence-corrected chi connectivity index (χ0v) is 11.8. The van der Waals surface area contributed by atoms with Crippen molar-refractivity contribution < 1.29 is 4.79 Å². The van der Waals surface area contributed by atoms with Crippen LogP contribution in [-0.2, 0) is 6.42 Å². The predicted molar refractivity (Wildman–Crippen MR) is 81.0 cm³/mol. The van der Waals surface area contributed by atoms with Crippen LogP contribution in [0.15, 0.2) is 42.7 Å². The summed E-state index contributed by atoms with van der Waals surface area (Å²) in [6.45, 7) is 2.61. The molecule has 0 unspecified atom stereocenters. The lowest BCUT2D eigenvalue weighted by molar-refractivity contribution is 0.0954. The Kier molecular flexibility index (Phi) is 4.71. The van der Waals surface area contributed by atoms with E-state index in [-0.39, 0.29) is 5.91 Å². The number of benzene rings is 1. The standard InChI is InChI=1S/C16H19N3O/c1-12-11-14(3-4-15(12)17-2)16(20)19-10-7-13-5-8-18-9-6-13/h3-6,8-9,11,17H,7,10H2,1-2H3,(H,19,20). The Balaban J connectivity index is 1.90. The highest BCUT2D eigenvalue weighted by atomic mass is 16.1. The Hall–Kier alpha value is -2.36. The normalized spacial score (nSPS) is 10.1. The highest BCUT2D eigenvalue weighted by Gasteiger charge is 2.06. The fraction of sp³-hybridized carbons (Fsp3) is 0.250. The van der Waals surface area contributed by atoms with E-state index in [1.54, 1.807) is 12.4 Å². The summed E-state index contributed by atoms with van der Waals surface area (Å²) in [6, 6.07) is 9.57. The van der Waals surface area contributed by atoms with Crippen molar-refractivity contribution in [2.45, 2.75) is 13.3 Å². The van der Waals surface area contributed by atoms with Crippen molar-refractivity contribution >= 4 is 11.6 Å². The molecular weight excluding hydrogens is 250 g/mol. The maximum Gasteiger partial charge on any atom is 0.251 e. The van der Waals surface area contributed by atoms with Gasteiger partial charge < -0.3 is 10.6 Å². The van der Waals surface area contributed by atoms with E-state index in [2.05, 4.69) is 15.6 Å². The molecule has 20 heavy (non-hydrogen) atoms. The van der Waals surface area contributed by atoms with Gasteiger partial charge in [-0.25, -0.2) is 0 Å². The van der Waals surface area contributed by atoms with Crippen LogP contribution < -0.4 is 10.6 Å². The summed E-state index contributed by atoms with van der Waals surface area (Å²) in [7, 11) is 1.87. The van der Waals surface area contributed by atoms with Crippen LogP contribution in [-0.4, -0.2) is 24.5 Å². The highest BCUT2D eigenvalue weighted by Crippen LogP contribution is 2.15. The maximum absolute atomic E-state index is 12.0. The van der Waals surface area contributed by atoms with Crippen molar-refractivity contribution in [2.75, 3.05) is 18.9 Å². The van der Waals surface area contributed by atoms with Crippen LogP contribution in [0.5, 0.6) is 0 Å². The van der Waals surface area contributed by atoms with E-state index in [4.69, 9.17) is 0 Å². The summed E-state index contributed by atoms with van der Waals surface area (Å²) in [5.74, 6) is -0.0372. The van der Waals surface area contributed by atoms with E-state index in [1.807, 2.05) is 44.3 Å². The Morgan fingerprint density at radius 1 is 1.20 bits per heavy atom. The molecule has 1 aromatic heterocycles. The molecule has 2 aromatic rings. The zero-order chi connectivity index (χ0) is 14.4. The van der Waals surface area contributed by atoms with Crippen LogP contribution >= 0.6 is 0 Å². The van der Waals surface area contributed by atoms with Gasteiger partial charge in [0.1, 0.15) is 0 Å². The molecule has 0 fully saturated rings. The Bertz CT molecular complexity index is 582. The number of carbonyl (C=O) groups is 1. The van der Waals surface area contributed by atoms with E-state index in [1.165, 1.54) is 5.56 Å². The van der Waals surface area contributed by atoms with E-state index in [9.17, 15) is 4.79 Å². The third kappa shape index (κ3) is 3.57. The number of anilines is 1. The fourth-order valence-electron chi connectivity index (χ4n) is 2.06. The number of nitrogens with one attached hydrogen (secondary N) is 2. The van der Waals surface area contributed by atoms with Crippen LogP contribution in [0.2, 0.25) is 0 Å². The number of aromatic nitrogens is 1. The molecule has 104 valence electrons. The lowest BCUT2D eigenvalue weighted by Gasteiger charge is -2.09. The summed E-state index contributed by atoms with van der Waals surface area (Å²) in [6.07, 6.45) is 4.33. The van der Waals surface area contributed by atoms with Crippen molar-refractivity contribution in [2.24, 2.45) is 0 Å². The molecule has 2 N–H and O–H groups in total. The number of hydrogen-bond donors (Lipinski definition) is 2. The molecule has 0 atom stereocenters. The van der Waals surface area contributed by atoms with Crippen molar-refractivity contribution in [3.05, 3.63) is 59.4 Å². The van der Waals surface area contributed by atoms with Crippen molar-refractivity contribution in [1.29, 1.82) is 0 Å². The fourth-order valence-corrected chi connectivity index (χ4v) is 2.06. The van der Waals surface area contributed by atoms with Crippen LogP contribution in [0.1, 0.15) is 21.5 Å². The molecule has 1 amide bonds.